The molecule has 0 amide bonds. The van der Waals surface area contributed by atoms with E-state index in [0.29, 0.717) is 12.5 Å². The molecule has 2 aromatic carbocycles. The van der Waals surface area contributed by atoms with Crippen molar-refractivity contribution in [3.63, 3.8) is 0 Å². The summed E-state index contributed by atoms with van der Waals surface area (Å²) in [5.74, 6) is 0.306. The molecular formula is C28H26FN5O. The van der Waals surface area contributed by atoms with E-state index in [1.807, 2.05) is 69.3 Å². The molecule has 1 aromatic heterocycles. The summed E-state index contributed by atoms with van der Waals surface area (Å²) in [5.41, 5.74) is 5.93. The Balaban J connectivity index is 1.73. The molecule has 0 fully saturated rings. The Morgan fingerprint density at radius 2 is 1.83 bits per heavy atom. The van der Waals surface area contributed by atoms with E-state index in [1.54, 1.807) is 18.3 Å². The first-order valence-corrected chi connectivity index (χ1v) is 11.6. The second kappa shape index (κ2) is 9.54. The van der Waals surface area contributed by atoms with Gasteiger partial charge in [-0.25, -0.2) is 14.4 Å². The lowest BCUT2D eigenvalue weighted by atomic mass is 10.1. The highest BCUT2D eigenvalue weighted by Gasteiger charge is 2.17. The highest BCUT2D eigenvalue weighted by Crippen LogP contribution is 2.30. The average molecular weight is 468 g/mol. The molecule has 0 saturated carbocycles. The van der Waals surface area contributed by atoms with Gasteiger partial charge in [0.05, 0.1) is 52.0 Å². The van der Waals surface area contributed by atoms with Crippen molar-refractivity contribution in [2.75, 3.05) is 11.9 Å². The van der Waals surface area contributed by atoms with E-state index in [-0.39, 0.29) is 11.9 Å². The molecule has 3 aromatic rings. The molecule has 0 saturated heterocycles. The summed E-state index contributed by atoms with van der Waals surface area (Å²) in [5, 5.41) is 4.24. The maximum atomic E-state index is 13.7. The molecule has 176 valence electrons. The van der Waals surface area contributed by atoms with Crippen LogP contribution in [-0.4, -0.2) is 27.2 Å². The fourth-order valence-corrected chi connectivity index (χ4v) is 4.04. The van der Waals surface area contributed by atoms with E-state index in [1.165, 1.54) is 12.1 Å². The lowest BCUT2D eigenvalue weighted by molar-refractivity contribution is 0.327. The highest BCUT2D eigenvalue weighted by molar-refractivity contribution is 5.84. The summed E-state index contributed by atoms with van der Waals surface area (Å²) >= 11 is 0. The molecule has 6 nitrogen and oxygen atoms in total. The predicted molar refractivity (Wildman–Crippen MR) is 137 cm³/mol. The van der Waals surface area contributed by atoms with E-state index in [4.69, 9.17) is 14.7 Å². The number of fused-ring (bicyclic) bond motifs is 2. The Kier molecular flexibility index (Phi) is 6.14. The standard InChI is InChI=1S/C28H26FN5O/c1-4-35-28-14-11-20(17-30-28)32-23-15-25-27(16-24(23)31-18(2)3)34(21-12-9-19(29)10-13-21)26-8-6-5-7-22(26)33-25/h5-18,32H,4H2,1-3H3. The minimum absolute atomic E-state index is 0.0825. The van der Waals surface area contributed by atoms with Gasteiger partial charge in [0.1, 0.15) is 5.82 Å². The van der Waals surface area contributed by atoms with Crippen molar-refractivity contribution in [3.05, 3.63) is 90.2 Å². The van der Waals surface area contributed by atoms with Crippen molar-refractivity contribution in [1.29, 1.82) is 0 Å². The second-order valence-electron chi connectivity index (χ2n) is 8.44. The third-order valence-electron chi connectivity index (χ3n) is 5.49. The first kappa shape index (κ1) is 22.5. The number of aromatic nitrogens is 3. The van der Waals surface area contributed by atoms with E-state index in [2.05, 4.69) is 14.9 Å². The Morgan fingerprint density at radius 1 is 1.03 bits per heavy atom. The zero-order valence-corrected chi connectivity index (χ0v) is 19.9. The minimum Gasteiger partial charge on any atom is -0.478 e. The van der Waals surface area contributed by atoms with Crippen molar-refractivity contribution in [2.45, 2.75) is 26.8 Å². The molecule has 0 atom stereocenters. The van der Waals surface area contributed by atoms with Crippen LogP contribution in [0.2, 0.25) is 0 Å². The van der Waals surface area contributed by atoms with Crippen LogP contribution < -0.4 is 15.4 Å². The zero-order chi connectivity index (χ0) is 24.4. The molecule has 2 aliphatic rings. The summed E-state index contributed by atoms with van der Waals surface area (Å²) in [6.45, 7) is 6.57. The van der Waals surface area contributed by atoms with Gasteiger partial charge in [0, 0.05) is 17.8 Å². The largest absolute Gasteiger partial charge is 0.478 e. The minimum atomic E-state index is -0.275. The average Bonchev–Trinajstić information content (AvgIpc) is 2.85. The maximum absolute atomic E-state index is 13.7. The normalized spacial score (nSPS) is 12.0. The molecule has 2 heterocycles. The Bertz CT molecular complexity index is 1510. The van der Waals surface area contributed by atoms with Crippen LogP contribution in [0.4, 0.5) is 15.8 Å². The third-order valence-corrected chi connectivity index (χ3v) is 5.49. The summed E-state index contributed by atoms with van der Waals surface area (Å²) in [6.07, 6.45) is 1.74. The number of pyridine rings is 1. The second-order valence-corrected chi connectivity index (χ2v) is 8.44. The van der Waals surface area contributed by atoms with Crippen LogP contribution in [0.25, 0.3) is 28.1 Å². The number of para-hydroxylation sites is 2. The molecule has 7 heteroatoms. The fourth-order valence-electron chi connectivity index (χ4n) is 4.04. The van der Waals surface area contributed by atoms with Gasteiger partial charge < -0.3 is 14.6 Å². The summed E-state index contributed by atoms with van der Waals surface area (Å²) < 4.78 is 21.3. The zero-order valence-electron chi connectivity index (χ0n) is 19.9. The number of nitrogens with one attached hydrogen (secondary N) is 1. The van der Waals surface area contributed by atoms with Gasteiger partial charge in [-0.3, -0.25) is 4.99 Å². The first-order chi connectivity index (χ1) is 17.0. The fraction of sp³-hybridized carbons (Fsp3) is 0.179. The Morgan fingerprint density at radius 3 is 2.54 bits per heavy atom. The van der Waals surface area contributed by atoms with Gasteiger partial charge in [0.25, 0.3) is 0 Å². The summed E-state index contributed by atoms with van der Waals surface area (Å²) in [6, 6.07) is 22.3. The van der Waals surface area contributed by atoms with E-state index in [0.717, 1.165) is 44.8 Å². The number of nitrogens with zero attached hydrogens (tertiary/aromatic N) is 4. The SMILES string of the molecule is CCOc1ccc(Nc2cc3nc4ccccc4n(-c4ccc(F)cc4)c-3cc2=NC(C)C)cn1. The molecule has 0 spiro atoms. The first-order valence-electron chi connectivity index (χ1n) is 11.6. The van der Waals surface area contributed by atoms with Gasteiger partial charge in [0.2, 0.25) is 5.88 Å². The molecule has 1 aliphatic heterocycles. The van der Waals surface area contributed by atoms with E-state index >= 15 is 0 Å². The van der Waals surface area contributed by atoms with Crippen LogP contribution in [0.15, 0.2) is 84.0 Å². The Hall–Kier alpha value is -4.26. The summed E-state index contributed by atoms with van der Waals surface area (Å²) in [7, 11) is 0. The van der Waals surface area contributed by atoms with Crippen LogP contribution in [0.1, 0.15) is 20.8 Å². The van der Waals surface area contributed by atoms with Crippen molar-refractivity contribution in [2.24, 2.45) is 4.99 Å². The van der Waals surface area contributed by atoms with Crippen LogP contribution in [-0.2, 0) is 0 Å². The van der Waals surface area contributed by atoms with Gasteiger partial charge in [-0.15, -0.1) is 0 Å². The molecule has 0 radical (unpaired) electrons. The molecular weight excluding hydrogens is 441 g/mol. The van der Waals surface area contributed by atoms with E-state index in [9.17, 15) is 4.39 Å². The predicted octanol–water partition coefficient (Wildman–Crippen LogP) is 6.12. The van der Waals surface area contributed by atoms with Crippen molar-refractivity contribution in [3.8, 4) is 23.0 Å². The molecule has 1 N–H and O–H groups in total. The summed E-state index contributed by atoms with van der Waals surface area (Å²) in [4.78, 5) is 14.2. The highest BCUT2D eigenvalue weighted by atomic mass is 19.1. The molecule has 0 unspecified atom stereocenters. The number of ether oxygens (including phenoxy) is 1. The van der Waals surface area contributed by atoms with Crippen LogP contribution >= 0.6 is 0 Å². The van der Waals surface area contributed by atoms with Gasteiger partial charge >= 0.3 is 0 Å². The number of hydrogen-bond acceptors (Lipinski definition) is 5. The topological polar surface area (TPSA) is 64.3 Å². The van der Waals surface area contributed by atoms with Crippen molar-refractivity contribution < 1.29 is 9.13 Å². The Labute approximate surface area is 203 Å². The van der Waals surface area contributed by atoms with Crippen LogP contribution in [0.5, 0.6) is 5.88 Å². The van der Waals surface area contributed by atoms with Gasteiger partial charge in [-0.1, -0.05) is 12.1 Å². The number of benzene rings is 3. The monoisotopic (exact) mass is 467 g/mol. The molecule has 35 heavy (non-hydrogen) atoms. The van der Waals surface area contributed by atoms with Gasteiger partial charge in [0.15, 0.2) is 0 Å². The van der Waals surface area contributed by atoms with Crippen molar-refractivity contribution in [1.82, 2.24) is 14.5 Å². The van der Waals surface area contributed by atoms with Gasteiger partial charge in [-0.2, -0.15) is 0 Å². The lowest BCUT2D eigenvalue weighted by Crippen LogP contribution is -2.16. The number of halogens is 1. The molecule has 0 bridgehead atoms. The smallest absolute Gasteiger partial charge is 0.213 e. The van der Waals surface area contributed by atoms with E-state index < -0.39 is 0 Å². The quantitative estimate of drug-likeness (QED) is 0.306. The maximum Gasteiger partial charge on any atom is 0.213 e. The molecule has 5 rings (SSSR count). The number of hydrogen-bond donors (Lipinski definition) is 1. The lowest BCUT2D eigenvalue weighted by Gasteiger charge is -2.20. The van der Waals surface area contributed by atoms with Gasteiger partial charge in [-0.05, 0) is 75.4 Å². The number of anilines is 2. The molecule has 1 aliphatic carbocycles. The van der Waals surface area contributed by atoms with Crippen LogP contribution in [0.3, 0.4) is 0 Å². The van der Waals surface area contributed by atoms with Crippen LogP contribution in [0, 0.1) is 5.82 Å². The number of rotatable bonds is 6. The van der Waals surface area contributed by atoms with Crippen molar-refractivity contribution >= 4 is 22.4 Å². The third kappa shape index (κ3) is 4.71.